The molecule has 3 heterocycles. The van der Waals surface area contributed by atoms with Crippen LogP contribution in [0.5, 0.6) is 28.7 Å². The van der Waals surface area contributed by atoms with E-state index in [0.717, 1.165) is 24.3 Å². The van der Waals surface area contributed by atoms with Crippen molar-refractivity contribution < 1.29 is 69.3 Å². The topological polar surface area (TPSA) is 249 Å². The first-order valence-electron chi connectivity index (χ1n) is 12.4. The summed E-state index contributed by atoms with van der Waals surface area (Å²) in [5.41, 5.74) is -1.25. The van der Waals surface area contributed by atoms with E-state index in [2.05, 4.69) is 0 Å². The van der Waals surface area contributed by atoms with Crippen molar-refractivity contribution in [2.45, 2.75) is 62.2 Å². The zero-order chi connectivity index (χ0) is 29.7. The largest absolute Gasteiger partial charge is 0.507 e. The summed E-state index contributed by atoms with van der Waals surface area (Å²) in [5, 5.41) is 90.5. The van der Waals surface area contributed by atoms with E-state index in [1.165, 1.54) is 13.0 Å². The van der Waals surface area contributed by atoms with Crippen LogP contribution in [-0.4, -0.2) is 108 Å². The molecule has 5 rings (SSSR count). The first-order chi connectivity index (χ1) is 19.4. The van der Waals surface area contributed by atoms with Crippen LogP contribution in [0.25, 0.3) is 22.3 Å². The Labute approximate surface area is 230 Å². The highest BCUT2D eigenvalue weighted by atomic mass is 16.7. The van der Waals surface area contributed by atoms with Crippen molar-refractivity contribution >= 4 is 11.0 Å². The molecule has 0 spiro atoms. The lowest BCUT2D eigenvalue weighted by Crippen LogP contribution is -2.58. The van der Waals surface area contributed by atoms with Gasteiger partial charge in [0.2, 0.25) is 23.8 Å². The fourth-order valence-corrected chi connectivity index (χ4v) is 4.53. The Morgan fingerprint density at radius 3 is 2.20 bits per heavy atom. The summed E-state index contributed by atoms with van der Waals surface area (Å²) in [6.07, 6.45) is -13.6. The Morgan fingerprint density at radius 2 is 1.49 bits per heavy atom. The number of phenolic OH excluding ortho intramolecular Hbond substituents is 3. The highest BCUT2D eigenvalue weighted by Crippen LogP contribution is 2.39. The van der Waals surface area contributed by atoms with Crippen molar-refractivity contribution in [3.8, 4) is 40.1 Å². The summed E-state index contributed by atoms with van der Waals surface area (Å²) in [5.74, 6) is -2.88. The summed E-state index contributed by atoms with van der Waals surface area (Å²) in [6.45, 7) is 1.00. The minimum Gasteiger partial charge on any atom is -0.507 e. The van der Waals surface area contributed by atoms with Gasteiger partial charge in [-0.15, -0.1) is 0 Å². The third kappa shape index (κ3) is 5.25. The Kier molecular flexibility index (Phi) is 7.71. The summed E-state index contributed by atoms with van der Waals surface area (Å²) >= 11 is 0. The highest BCUT2D eigenvalue weighted by molar-refractivity contribution is 5.88. The van der Waals surface area contributed by atoms with Crippen LogP contribution in [0.2, 0.25) is 0 Å². The molecule has 0 aliphatic carbocycles. The molecule has 2 aromatic carbocycles. The number of fused-ring (bicyclic) bond motifs is 1. The molecule has 0 unspecified atom stereocenters. The van der Waals surface area contributed by atoms with E-state index in [0.29, 0.717) is 0 Å². The van der Waals surface area contributed by atoms with E-state index in [4.69, 9.17) is 23.4 Å². The van der Waals surface area contributed by atoms with E-state index >= 15 is 0 Å². The fraction of sp³-hybridized carbons (Fsp3) is 0.423. The van der Waals surface area contributed by atoms with Gasteiger partial charge in [0.05, 0.1) is 12.7 Å². The molecule has 0 saturated carbocycles. The Morgan fingerprint density at radius 1 is 0.780 bits per heavy atom. The maximum absolute atomic E-state index is 13.6. The van der Waals surface area contributed by atoms with E-state index in [1.54, 1.807) is 0 Å². The number of benzene rings is 2. The van der Waals surface area contributed by atoms with Crippen molar-refractivity contribution in [1.29, 1.82) is 0 Å². The Bertz CT molecular complexity index is 1490. The summed E-state index contributed by atoms with van der Waals surface area (Å²) in [7, 11) is 0. The second-order valence-electron chi connectivity index (χ2n) is 9.78. The molecule has 41 heavy (non-hydrogen) atoms. The molecule has 0 amide bonds. The van der Waals surface area contributed by atoms with Gasteiger partial charge >= 0.3 is 0 Å². The van der Waals surface area contributed by atoms with Gasteiger partial charge in [0, 0.05) is 17.7 Å². The van der Waals surface area contributed by atoms with E-state index in [1.807, 2.05) is 0 Å². The molecule has 0 bridgehead atoms. The van der Waals surface area contributed by atoms with Gasteiger partial charge in [-0.05, 0) is 25.1 Å². The number of hydrogen-bond acceptors (Lipinski definition) is 15. The Hall–Kier alpha value is -3.67. The maximum atomic E-state index is 13.6. The van der Waals surface area contributed by atoms with Crippen LogP contribution in [0, 0.1) is 0 Å². The lowest BCUT2D eigenvalue weighted by atomic mass is 10.00. The number of phenols is 3. The zero-order valence-corrected chi connectivity index (χ0v) is 21.3. The van der Waals surface area contributed by atoms with Gasteiger partial charge in [-0.25, -0.2) is 0 Å². The number of aliphatic hydroxyl groups is 6. The average Bonchev–Trinajstić information content (AvgIpc) is 2.93. The molecule has 2 aliphatic rings. The first-order valence-corrected chi connectivity index (χ1v) is 12.4. The number of ether oxygens (including phenoxy) is 4. The summed E-state index contributed by atoms with van der Waals surface area (Å²) in [4.78, 5) is 13.6. The number of aliphatic hydroxyl groups excluding tert-OH is 6. The molecule has 9 atom stereocenters. The molecular formula is C26H28O15. The average molecular weight is 580 g/mol. The number of aromatic hydroxyl groups is 3. The minimum atomic E-state index is -1.79. The standard InChI is InChI=1S/C26H28O15/c1-8-17(31)20(34)22(36)26(38-8)39-10-5-13(29)16-15(6-10)40-23(9-2-3-11(27)12(28)4-9)24(19(16)33)41-25-21(35)18(32)14(30)7-37-25/h2-6,8,14,17-18,20-22,25-32,34-36H,7H2,1H3/t8-,14+,17-,18-,20+,21+,22+,25-,26-/m0/s1. The molecule has 2 aliphatic heterocycles. The predicted molar refractivity (Wildman–Crippen MR) is 134 cm³/mol. The zero-order valence-electron chi connectivity index (χ0n) is 21.3. The minimum absolute atomic E-state index is 0.00274. The van der Waals surface area contributed by atoms with Gasteiger partial charge in [0.25, 0.3) is 0 Å². The van der Waals surface area contributed by atoms with Crippen LogP contribution in [0.15, 0.2) is 39.5 Å². The second kappa shape index (κ2) is 11.0. The first kappa shape index (κ1) is 28.8. The van der Waals surface area contributed by atoms with E-state index in [9.17, 15) is 50.8 Å². The van der Waals surface area contributed by atoms with Gasteiger partial charge in [-0.3, -0.25) is 4.79 Å². The van der Waals surface area contributed by atoms with Gasteiger partial charge in [-0.1, -0.05) is 0 Å². The normalized spacial score (nSPS) is 32.1. The molecule has 9 N–H and O–H groups in total. The van der Waals surface area contributed by atoms with Gasteiger partial charge < -0.3 is 69.3 Å². The molecule has 15 heteroatoms. The fourth-order valence-electron chi connectivity index (χ4n) is 4.53. The van der Waals surface area contributed by atoms with Crippen LogP contribution in [0.3, 0.4) is 0 Å². The molecule has 222 valence electrons. The molecule has 2 saturated heterocycles. The van der Waals surface area contributed by atoms with E-state index < -0.39 is 95.7 Å². The van der Waals surface area contributed by atoms with Crippen LogP contribution in [0.4, 0.5) is 0 Å². The van der Waals surface area contributed by atoms with Crippen molar-refractivity contribution in [3.05, 3.63) is 40.6 Å². The second-order valence-corrected chi connectivity index (χ2v) is 9.78. The number of hydrogen-bond donors (Lipinski definition) is 9. The third-order valence-electron chi connectivity index (χ3n) is 6.89. The maximum Gasteiger partial charge on any atom is 0.239 e. The van der Waals surface area contributed by atoms with Gasteiger partial charge in [0.1, 0.15) is 59.1 Å². The quantitative estimate of drug-likeness (QED) is 0.157. The van der Waals surface area contributed by atoms with Crippen molar-refractivity contribution in [2.24, 2.45) is 0 Å². The van der Waals surface area contributed by atoms with Crippen molar-refractivity contribution in [2.75, 3.05) is 6.61 Å². The lowest BCUT2D eigenvalue weighted by Gasteiger charge is -2.38. The number of rotatable bonds is 5. The predicted octanol–water partition coefficient (Wildman–Crippen LogP) is -1.40. The third-order valence-corrected chi connectivity index (χ3v) is 6.89. The van der Waals surface area contributed by atoms with Gasteiger partial charge in [-0.2, -0.15) is 0 Å². The molecule has 3 aromatic rings. The van der Waals surface area contributed by atoms with Crippen molar-refractivity contribution in [1.82, 2.24) is 0 Å². The van der Waals surface area contributed by atoms with Crippen LogP contribution in [0.1, 0.15) is 6.92 Å². The molecule has 1 aromatic heterocycles. The molecule has 15 nitrogen and oxygen atoms in total. The van der Waals surface area contributed by atoms with Crippen LogP contribution < -0.4 is 14.9 Å². The summed E-state index contributed by atoms with van der Waals surface area (Å²) in [6, 6.07) is 5.57. The summed E-state index contributed by atoms with van der Waals surface area (Å²) < 4.78 is 27.7. The van der Waals surface area contributed by atoms with Crippen LogP contribution in [-0.2, 0) is 9.47 Å². The molecular weight excluding hydrogens is 552 g/mol. The van der Waals surface area contributed by atoms with Crippen LogP contribution >= 0.6 is 0 Å². The SMILES string of the molecule is C[C@@H]1O[C@@H](Oc2cc(O)c3c(=O)c(O[C@@H]4OC[C@@H](O)[C@H](O)[C@H]4O)c(-c4ccc(O)c(O)c4)oc3c2)[C@H](O)[C@H](O)[C@H]1O. The molecule has 0 radical (unpaired) electrons. The van der Waals surface area contributed by atoms with Crippen molar-refractivity contribution in [3.63, 3.8) is 0 Å². The van der Waals surface area contributed by atoms with E-state index in [-0.39, 0.29) is 22.7 Å². The van der Waals surface area contributed by atoms with Gasteiger partial charge in [0.15, 0.2) is 17.3 Å². The highest BCUT2D eigenvalue weighted by Gasteiger charge is 2.43. The monoisotopic (exact) mass is 580 g/mol. The lowest BCUT2D eigenvalue weighted by molar-refractivity contribution is -0.268. The smallest absolute Gasteiger partial charge is 0.239 e. The Balaban J connectivity index is 1.60. The molecule has 2 fully saturated rings.